The first-order chi connectivity index (χ1) is 7.29. The van der Waals surface area contributed by atoms with Crippen molar-refractivity contribution in [2.75, 3.05) is 0 Å². The highest BCUT2D eigenvalue weighted by atomic mass is 35.5. The molecule has 0 aliphatic heterocycles. The Bertz CT molecular complexity index is 399. The Labute approximate surface area is 102 Å². The largest absolute Gasteiger partial charge is 0.506 e. The predicted molar refractivity (Wildman–Crippen MR) is 56.8 cm³/mol. The summed E-state index contributed by atoms with van der Waals surface area (Å²) in [5, 5.41) is 18.4. The Morgan fingerprint density at radius 3 is 2.41 bits per heavy atom. The molecule has 8 heteroatoms. The summed E-state index contributed by atoms with van der Waals surface area (Å²) < 4.78 is 37.3. The highest BCUT2D eigenvalue weighted by Crippen LogP contribution is 2.37. The summed E-state index contributed by atoms with van der Waals surface area (Å²) in [5.74, 6) is -0.628. The first-order valence-corrected chi connectivity index (χ1v) is 4.39. The average molecular weight is 273 g/mol. The van der Waals surface area contributed by atoms with E-state index in [1.807, 2.05) is 0 Å². The predicted octanol–water partition coefficient (Wildman–Crippen LogP) is 1.57. The van der Waals surface area contributed by atoms with E-state index >= 15 is 0 Å². The number of pyridine rings is 1. The molecular weight excluding hydrogens is 261 g/mol. The topological polar surface area (TPSA) is 79.4 Å². The Morgan fingerprint density at radius 2 is 2.00 bits per heavy atom. The van der Waals surface area contributed by atoms with Gasteiger partial charge in [-0.15, -0.1) is 12.4 Å². The summed E-state index contributed by atoms with van der Waals surface area (Å²) in [4.78, 5) is 3.64. The van der Waals surface area contributed by atoms with Gasteiger partial charge in [-0.2, -0.15) is 13.2 Å². The van der Waals surface area contributed by atoms with Crippen molar-refractivity contribution in [1.29, 1.82) is 0 Å². The summed E-state index contributed by atoms with van der Waals surface area (Å²) in [5.41, 5.74) is 4.37. The van der Waals surface area contributed by atoms with Crippen molar-refractivity contribution in [2.24, 2.45) is 5.73 Å². The molecule has 98 valence electrons. The molecule has 0 amide bonds. The number of halogens is 4. The van der Waals surface area contributed by atoms with Crippen LogP contribution < -0.4 is 5.73 Å². The van der Waals surface area contributed by atoms with Crippen molar-refractivity contribution in [3.05, 3.63) is 23.0 Å². The van der Waals surface area contributed by atoms with Crippen molar-refractivity contribution >= 4 is 12.4 Å². The molecule has 0 spiro atoms. The lowest BCUT2D eigenvalue weighted by atomic mass is 10.0. The molecule has 17 heavy (non-hydrogen) atoms. The molecule has 0 saturated heterocycles. The summed E-state index contributed by atoms with van der Waals surface area (Å²) in [6, 6.07) is -2.34. The van der Waals surface area contributed by atoms with Gasteiger partial charge in [0, 0.05) is 17.3 Å². The van der Waals surface area contributed by atoms with Gasteiger partial charge in [-0.25, -0.2) is 0 Å². The van der Waals surface area contributed by atoms with Crippen molar-refractivity contribution < 1.29 is 23.4 Å². The van der Waals surface area contributed by atoms with Crippen molar-refractivity contribution in [3.63, 3.8) is 0 Å². The van der Waals surface area contributed by atoms with E-state index in [0.717, 1.165) is 6.20 Å². The Balaban J connectivity index is 0.00000256. The molecule has 0 fully saturated rings. The SMILES string of the molecule is Cc1ncc(CO)c([C@@H](N)C(F)(F)F)c1O.Cl. The molecule has 1 aromatic rings. The number of nitrogens with zero attached hydrogens (tertiary/aromatic N) is 1. The number of hydrogen-bond acceptors (Lipinski definition) is 4. The second-order valence-corrected chi connectivity index (χ2v) is 3.31. The van der Waals surface area contributed by atoms with Crippen molar-refractivity contribution in [3.8, 4) is 5.75 Å². The quantitative estimate of drug-likeness (QED) is 0.763. The van der Waals surface area contributed by atoms with Crippen LogP contribution in [0.15, 0.2) is 6.20 Å². The Hall–Kier alpha value is -1.05. The molecule has 4 N–H and O–H groups in total. The highest BCUT2D eigenvalue weighted by Gasteiger charge is 2.40. The van der Waals surface area contributed by atoms with E-state index in [1.165, 1.54) is 6.92 Å². The molecule has 0 aliphatic carbocycles. The molecule has 0 bridgehead atoms. The molecule has 0 radical (unpaired) electrons. The third-order valence-corrected chi connectivity index (χ3v) is 2.19. The van der Waals surface area contributed by atoms with E-state index in [1.54, 1.807) is 0 Å². The van der Waals surface area contributed by atoms with Crippen LogP contribution in [0.1, 0.15) is 22.9 Å². The number of aryl methyl sites for hydroxylation is 1. The van der Waals surface area contributed by atoms with Crippen molar-refractivity contribution in [2.45, 2.75) is 25.7 Å². The Kier molecular flexibility index (Phi) is 5.18. The van der Waals surface area contributed by atoms with Gasteiger partial charge in [0.1, 0.15) is 11.8 Å². The number of hydrogen-bond donors (Lipinski definition) is 3. The minimum atomic E-state index is -4.69. The number of aromatic nitrogens is 1. The van der Waals surface area contributed by atoms with E-state index in [0.29, 0.717) is 0 Å². The minimum Gasteiger partial charge on any atom is -0.506 e. The van der Waals surface area contributed by atoms with Gasteiger partial charge in [0.25, 0.3) is 0 Å². The van der Waals surface area contributed by atoms with Gasteiger partial charge in [0.2, 0.25) is 0 Å². The maximum absolute atomic E-state index is 12.4. The monoisotopic (exact) mass is 272 g/mol. The maximum Gasteiger partial charge on any atom is 0.407 e. The molecular formula is C9H12ClF3N2O2. The van der Waals surface area contributed by atoms with Crippen LogP contribution in [0.5, 0.6) is 5.75 Å². The fourth-order valence-corrected chi connectivity index (χ4v) is 1.29. The van der Waals surface area contributed by atoms with Gasteiger partial charge in [0.05, 0.1) is 12.3 Å². The second kappa shape index (κ2) is 5.52. The minimum absolute atomic E-state index is 0. The normalized spacial score (nSPS) is 13.1. The summed E-state index contributed by atoms with van der Waals surface area (Å²) in [7, 11) is 0. The number of aliphatic hydroxyl groups is 1. The molecule has 0 saturated carbocycles. The molecule has 1 atom stereocenters. The van der Waals surface area contributed by atoms with Crippen LogP contribution in [0.25, 0.3) is 0 Å². The second-order valence-electron chi connectivity index (χ2n) is 3.31. The van der Waals surface area contributed by atoms with E-state index in [4.69, 9.17) is 10.8 Å². The van der Waals surface area contributed by atoms with Gasteiger partial charge >= 0.3 is 6.18 Å². The van der Waals surface area contributed by atoms with E-state index < -0.39 is 30.1 Å². The van der Waals surface area contributed by atoms with Crippen LogP contribution in [-0.2, 0) is 6.61 Å². The zero-order chi connectivity index (χ0) is 12.5. The summed E-state index contributed by atoms with van der Waals surface area (Å²) >= 11 is 0. The van der Waals surface area contributed by atoms with E-state index in [9.17, 15) is 18.3 Å². The molecule has 4 nitrogen and oxygen atoms in total. The zero-order valence-electron chi connectivity index (χ0n) is 8.82. The lowest BCUT2D eigenvalue weighted by Gasteiger charge is -2.20. The number of aromatic hydroxyl groups is 1. The van der Waals surface area contributed by atoms with E-state index in [-0.39, 0.29) is 23.7 Å². The number of aliphatic hydroxyl groups excluding tert-OH is 1. The third kappa shape index (κ3) is 3.21. The molecule has 1 rings (SSSR count). The van der Waals surface area contributed by atoms with Crippen LogP contribution in [0.2, 0.25) is 0 Å². The van der Waals surface area contributed by atoms with Gasteiger partial charge < -0.3 is 15.9 Å². The first kappa shape index (κ1) is 16.0. The fourth-order valence-electron chi connectivity index (χ4n) is 1.29. The maximum atomic E-state index is 12.4. The van der Waals surface area contributed by atoms with E-state index in [2.05, 4.69) is 4.98 Å². The van der Waals surface area contributed by atoms with Crippen LogP contribution in [-0.4, -0.2) is 21.4 Å². The molecule has 1 aromatic heterocycles. The van der Waals surface area contributed by atoms with Gasteiger partial charge in [-0.05, 0) is 6.92 Å². The van der Waals surface area contributed by atoms with Crippen LogP contribution >= 0.6 is 12.4 Å². The number of nitrogens with two attached hydrogens (primary N) is 1. The standard InChI is InChI=1S/C9H11F3N2O2.ClH/c1-4-7(16)6(5(3-15)2-14-4)8(13)9(10,11)12;/h2,8,15-16H,3,13H2,1H3;1H/t8-;/m1./s1. The average Bonchev–Trinajstić information content (AvgIpc) is 2.19. The lowest BCUT2D eigenvalue weighted by Crippen LogP contribution is -2.29. The van der Waals surface area contributed by atoms with Crippen LogP contribution in [0, 0.1) is 6.92 Å². The smallest absolute Gasteiger partial charge is 0.407 e. The van der Waals surface area contributed by atoms with Gasteiger partial charge in [-0.1, -0.05) is 0 Å². The Morgan fingerprint density at radius 1 is 1.47 bits per heavy atom. The van der Waals surface area contributed by atoms with Gasteiger partial charge in [0.15, 0.2) is 0 Å². The third-order valence-electron chi connectivity index (χ3n) is 2.19. The van der Waals surface area contributed by atoms with Crippen LogP contribution in [0.4, 0.5) is 13.2 Å². The summed E-state index contributed by atoms with van der Waals surface area (Å²) in [6.07, 6.45) is -3.62. The number of rotatable bonds is 2. The summed E-state index contributed by atoms with van der Waals surface area (Å²) in [6.45, 7) is 0.684. The zero-order valence-corrected chi connectivity index (χ0v) is 9.64. The number of alkyl halides is 3. The lowest BCUT2D eigenvalue weighted by molar-refractivity contribution is -0.149. The molecule has 0 aromatic carbocycles. The van der Waals surface area contributed by atoms with Crippen molar-refractivity contribution in [1.82, 2.24) is 4.98 Å². The first-order valence-electron chi connectivity index (χ1n) is 4.39. The highest BCUT2D eigenvalue weighted by molar-refractivity contribution is 5.85. The molecule has 0 unspecified atom stereocenters. The molecule has 0 aliphatic rings. The molecule has 1 heterocycles. The van der Waals surface area contributed by atoms with Crippen LogP contribution in [0.3, 0.4) is 0 Å². The van der Waals surface area contributed by atoms with Gasteiger partial charge in [-0.3, -0.25) is 4.98 Å². The fraction of sp³-hybridized carbons (Fsp3) is 0.444.